The molecule has 0 unspecified atom stereocenters. The molecule has 1 fully saturated rings. The van der Waals surface area contributed by atoms with Crippen LogP contribution in [0.25, 0.3) is 0 Å². The van der Waals surface area contributed by atoms with E-state index in [0.29, 0.717) is 24.3 Å². The van der Waals surface area contributed by atoms with E-state index in [1.807, 2.05) is 12.1 Å². The molecule has 0 radical (unpaired) electrons. The number of carbonyl (C=O) groups excluding carboxylic acids is 2. The van der Waals surface area contributed by atoms with Gasteiger partial charge in [0, 0.05) is 38.4 Å². The molecule has 2 aromatic carbocycles. The summed E-state index contributed by atoms with van der Waals surface area (Å²) in [6.07, 6.45) is 0.948. The lowest BCUT2D eigenvalue weighted by Gasteiger charge is -2.34. The SMILES string of the molecule is COC(=O)c1cccc(NC(=O)N2CCN(CCc3cccc(OC)c3)CC2)c1. The van der Waals surface area contributed by atoms with Gasteiger partial charge < -0.3 is 19.7 Å². The second-order valence-corrected chi connectivity index (χ2v) is 6.93. The second kappa shape index (κ2) is 9.93. The van der Waals surface area contributed by atoms with Crippen LogP contribution in [0.2, 0.25) is 0 Å². The van der Waals surface area contributed by atoms with Gasteiger partial charge in [-0.15, -0.1) is 0 Å². The number of urea groups is 1. The lowest BCUT2D eigenvalue weighted by molar-refractivity contribution is 0.0600. The van der Waals surface area contributed by atoms with Crippen molar-refractivity contribution in [1.29, 1.82) is 0 Å². The number of methoxy groups -OCH3 is 2. The molecule has 2 amide bonds. The largest absolute Gasteiger partial charge is 0.497 e. The number of ether oxygens (including phenoxy) is 2. The molecule has 1 aliphatic rings. The van der Waals surface area contributed by atoms with E-state index >= 15 is 0 Å². The van der Waals surface area contributed by atoms with Crippen molar-refractivity contribution < 1.29 is 19.1 Å². The van der Waals surface area contributed by atoms with E-state index in [9.17, 15) is 9.59 Å². The van der Waals surface area contributed by atoms with Gasteiger partial charge in [-0.2, -0.15) is 0 Å². The van der Waals surface area contributed by atoms with Crippen LogP contribution in [0, 0.1) is 0 Å². The van der Waals surface area contributed by atoms with Crippen LogP contribution in [0.1, 0.15) is 15.9 Å². The first-order valence-corrected chi connectivity index (χ1v) is 9.68. The maximum absolute atomic E-state index is 12.5. The number of carbonyl (C=O) groups is 2. The number of hydrogen-bond donors (Lipinski definition) is 1. The Morgan fingerprint density at radius 1 is 1.00 bits per heavy atom. The van der Waals surface area contributed by atoms with Gasteiger partial charge in [0.05, 0.1) is 19.8 Å². The fourth-order valence-corrected chi connectivity index (χ4v) is 3.33. The van der Waals surface area contributed by atoms with Crippen LogP contribution in [-0.4, -0.2) is 68.7 Å². The van der Waals surface area contributed by atoms with Crippen molar-refractivity contribution in [3.8, 4) is 5.75 Å². The molecule has 29 heavy (non-hydrogen) atoms. The Balaban J connectivity index is 1.46. The van der Waals surface area contributed by atoms with Crippen LogP contribution in [0.5, 0.6) is 5.75 Å². The number of piperazine rings is 1. The van der Waals surface area contributed by atoms with E-state index < -0.39 is 5.97 Å². The predicted molar refractivity (Wildman–Crippen MR) is 112 cm³/mol. The van der Waals surface area contributed by atoms with Gasteiger partial charge in [-0.3, -0.25) is 4.90 Å². The first-order chi connectivity index (χ1) is 14.1. The number of nitrogens with zero attached hydrogens (tertiary/aromatic N) is 2. The number of benzene rings is 2. The minimum Gasteiger partial charge on any atom is -0.497 e. The molecular weight excluding hydrogens is 370 g/mol. The van der Waals surface area contributed by atoms with Crippen molar-refractivity contribution in [2.45, 2.75) is 6.42 Å². The number of nitrogens with one attached hydrogen (secondary N) is 1. The Labute approximate surface area is 171 Å². The maximum Gasteiger partial charge on any atom is 0.337 e. The smallest absolute Gasteiger partial charge is 0.337 e. The Morgan fingerprint density at radius 3 is 2.48 bits per heavy atom. The quantitative estimate of drug-likeness (QED) is 0.759. The fraction of sp³-hybridized carbons (Fsp3) is 0.364. The van der Waals surface area contributed by atoms with Crippen molar-refractivity contribution in [3.05, 3.63) is 59.7 Å². The van der Waals surface area contributed by atoms with E-state index in [0.717, 1.165) is 31.8 Å². The molecule has 1 saturated heterocycles. The summed E-state index contributed by atoms with van der Waals surface area (Å²) in [5, 5.41) is 2.86. The molecule has 154 valence electrons. The third-order valence-corrected chi connectivity index (χ3v) is 5.05. The maximum atomic E-state index is 12.5. The lowest BCUT2D eigenvalue weighted by Crippen LogP contribution is -2.50. The Morgan fingerprint density at radius 2 is 1.76 bits per heavy atom. The van der Waals surface area contributed by atoms with Gasteiger partial charge >= 0.3 is 12.0 Å². The summed E-state index contributed by atoms with van der Waals surface area (Å²) < 4.78 is 9.99. The van der Waals surface area contributed by atoms with Crippen LogP contribution in [0.3, 0.4) is 0 Å². The average molecular weight is 397 g/mol. The van der Waals surface area contributed by atoms with Crippen LogP contribution in [-0.2, 0) is 11.2 Å². The highest BCUT2D eigenvalue weighted by atomic mass is 16.5. The van der Waals surface area contributed by atoms with Gasteiger partial charge in [-0.05, 0) is 42.3 Å². The van der Waals surface area contributed by atoms with Crippen molar-refractivity contribution in [2.75, 3.05) is 52.3 Å². The number of hydrogen-bond acceptors (Lipinski definition) is 5. The Hall–Kier alpha value is -3.06. The van der Waals surface area contributed by atoms with Crippen molar-refractivity contribution >= 4 is 17.7 Å². The number of anilines is 1. The number of esters is 1. The zero-order chi connectivity index (χ0) is 20.6. The van der Waals surface area contributed by atoms with E-state index in [4.69, 9.17) is 9.47 Å². The third kappa shape index (κ3) is 5.71. The average Bonchev–Trinajstić information content (AvgIpc) is 2.77. The first kappa shape index (κ1) is 20.7. The Kier molecular flexibility index (Phi) is 7.08. The molecule has 1 aliphatic heterocycles. The van der Waals surface area contributed by atoms with E-state index in [2.05, 4.69) is 22.3 Å². The summed E-state index contributed by atoms with van der Waals surface area (Å²) in [6, 6.07) is 14.7. The molecule has 7 heteroatoms. The molecular formula is C22H27N3O4. The molecule has 0 aromatic heterocycles. The van der Waals surface area contributed by atoms with Gasteiger partial charge in [-0.25, -0.2) is 9.59 Å². The summed E-state index contributed by atoms with van der Waals surface area (Å²) in [7, 11) is 3.01. The van der Waals surface area contributed by atoms with Crippen molar-refractivity contribution in [1.82, 2.24) is 9.80 Å². The van der Waals surface area contributed by atoms with Crippen LogP contribution in [0.4, 0.5) is 10.5 Å². The predicted octanol–water partition coefficient (Wildman–Crippen LogP) is 2.87. The summed E-state index contributed by atoms with van der Waals surface area (Å²) >= 11 is 0. The molecule has 2 aromatic rings. The van der Waals surface area contributed by atoms with Crippen LogP contribution >= 0.6 is 0 Å². The Bertz CT molecular complexity index is 847. The molecule has 7 nitrogen and oxygen atoms in total. The molecule has 0 saturated carbocycles. The van der Waals surface area contributed by atoms with Gasteiger partial charge in [0.15, 0.2) is 0 Å². The molecule has 3 rings (SSSR count). The third-order valence-electron chi connectivity index (χ3n) is 5.05. The van der Waals surface area contributed by atoms with Gasteiger partial charge in [0.2, 0.25) is 0 Å². The zero-order valence-electron chi connectivity index (χ0n) is 16.9. The van der Waals surface area contributed by atoms with E-state index in [1.54, 1.807) is 36.3 Å². The minimum atomic E-state index is -0.425. The first-order valence-electron chi connectivity index (χ1n) is 9.68. The zero-order valence-corrected chi connectivity index (χ0v) is 16.9. The van der Waals surface area contributed by atoms with E-state index in [-0.39, 0.29) is 6.03 Å². The fourth-order valence-electron chi connectivity index (χ4n) is 3.33. The lowest BCUT2D eigenvalue weighted by atomic mass is 10.1. The standard InChI is InChI=1S/C22H27N3O4/c1-28-20-8-3-5-17(15-20)9-10-24-11-13-25(14-12-24)22(27)23-19-7-4-6-18(16-19)21(26)29-2/h3-8,15-16H,9-14H2,1-2H3,(H,23,27). The van der Waals surface area contributed by atoms with Crippen molar-refractivity contribution in [3.63, 3.8) is 0 Å². The summed E-state index contributed by atoms with van der Waals surface area (Å²) in [5.74, 6) is 0.450. The monoisotopic (exact) mass is 397 g/mol. The molecule has 1 N–H and O–H groups in total. The molecule has 0 bridgehead atoms. The highest BCUT2D eigenvalue weighted by Gasteiger charge is 2.21. The molecule has 0 atom stereocenters. The van der Waals surface area contributed by atoms with Gasteiger partial charge in [0.25, 0.3) is 0 Å². The molecule has 0 aliphatic carbocycles. The minimum absolute atomic E-state index is 0.153. The summed E-state index contributed by atoms with van der Waals surface area (Å²) in [5.41, 5.74) is 2.24. The highest BCUT2D eigenvalue weighted by molar-refractivity contribution is 5.93. The van der Waals surface area contributed by atoms with Gasteiger partial charge in [-0.1, -0.05) is 18.2 Å². The molecule has 1 heterocycles. The van der Waals surface area contributed by atoms with Crippen LogP contribution < -0.4 is 10.1 Å². The normalized spacial score (nSPS) is 14.3. The van der Waals surface area contributed by atoms with E-state index in [1.165, 1.54) is 12.7 Å². The highest BCUT2D eigenvalue weighted by Crippen LogP contribution is 2.15. The summed E-state index contributed by atoms with van der Waals surface area (Å²) in [4.78, 5) is 28.3. The van der Waals surface area contributed by atoms with Crippen molar-refractivity contribution in [2.24, 2.45) is 0 Å². The topological polar surface area (TPSA) is 71.1 Å². The molecule has 0 spiro atoms. The number of amides is 2. The summed E-state index contributed by atoms with van der Waals surface area (Å²) in [6.45, 7) is 3.95. The van der Waals surface area contributed by atoms with Gasteiger partial charge in [0.1, 0.15) is 5.75 Å². The second-order valence-electron chi connectivity index (χ2n) is 6.93. The van der Waals surface area contributed by atoms with Crippen LogP contribution in [0.15, 0.2) is 48.5 Å². The number of rotatable bonds is 6.